The van der Waals surface area contributed by atoms with Crippen LogP contribution in [-0.2, 0) is 22.4 Å². The number of ketones is 1. The largest absolute Gasteiger partial charge is 0.478 e. The van der Waals surface area contributed by atoms with E-state index in [0.717, 1.165) is 46.5 Å². The summed E-state index contributed by atoms with van der Waals surface area (Å²) in [6.45, 7) is 1.99. The summed E-state index contributed by atoms with van der Waals surface area (Å²) in [4.78, 5) is 39.3. The fourth-order valence-corrected chi connectivity index (χ4v) is 3.35. The number of imidazole rings is 1. The van der Waals surface area contributed by atoms with E-state index in [-0.39, 0.29) is 11.7 Å². The maximum atomic E-state index is 12.8. The van der Waals surface area contributed by atoms with E-state index in [1.165, 1.54) is 0 Å². The highest BCUT2D eigenvalue weighted by atomic mass is 16.4. The highest BCUT2D eigenvalue weighted by Crippen LogP contribution is 2.35. The van der Waals surface area contributed by atoms with Gasteiger partial charge in [-0.2, -0.15) is 0 Å². The van der Waals surface area contributed by atoms with Crippen LogP contribution in [0.1, 0.15) is 33.9 Å². The number of rotatable bonds is 4. The summed E-state index contributed by atoms with van der Waals surface area (Å²) in [5.74, 6) is -1.47. The molecule has 0 radical (unpaired) electrons. The number of Topliss-reactive ketones (excluding diaryl/α,β-unsaturated/α-hetero) is 1. The molecular weight excluding hydrogens is 376 g/mol. The van der Waals surface area contributed by atoms with Crippen molar-refractivity contribution in [3.8, 4) is 0 Å². The van der Waals surface area contributed by atoms with Crippen LogP contribution in [0.25, 0.3) is 11.0 Å². The molecule has 3 N–H and O–H groups in total. The van der Waals surface area contributed by atoms with Crippen molar-refractivity contribution in [1.82, 2.24) is 9.97 Å². The summed E-state index contributed by atoms with van der Waals surface area (Å²) in [6.07, 6.45) is 5.16. The van der Waals surface area contributed by atoms with Gasteiger partial charge in [0.2, 0.25) is 0 Å². The van der Waals surface area contributed by atoms with Crippen molar-refractivity contribution in [3.05, 3.63) is 65.5 Å². The minimum atomic E-state index is -1.26. The second-order valence-corrected chi connectivity index (χ2v) is 6.68. The average molecular weight is 396 g/mol. The number of aliphatic carboxylic acids is 2. The van der Waals surface area contributed by atoms with Gasteiger partial charge in [-0.25, -0.2) is 14.6 Å². The SMILES string of the molecule is Cc1[nH]cnc1CC1CCc2oc3ccccc3c2C1=O.O=C(O)C=CC(=O)O. The van der Waals surface area contributed by atoms with Crippen LogP contribution in [0.4, 0.5) is 0 Å². The highest BCUT2D eigenvalue weighted by molar-refractivity contribution is 6.10. The number of H-pyrrole nitrogens is 1. The van der Waals surface area contributed by atoms with Gasteiger partial charge < -0.3 is 19.6 Å². The Morgan fingerprint density at radius 1 is 1.24 bits per heavy atom. The second kappa shape index (κ2) is 8.55. The number of carbonyl (C=O) groups excluding carboxylic acids is 1. The third kappa shape index (κ3) is 4.60. The molecule has 0 bridgehead atoms. The van der Waals surface area contributed by atoms with Crippen LogP contribution in [0.2, 0.25) is 0 Å². The number of carbonyl (C=O) groups is 3. The van der Waals surface area contributed by atoms with Crippen molar-refractivity contribution in [2.45, 2.75) is 26.2 Å². The molecule has 8 heteroatoms. The fraction of sp³-hybridized carbons (Fsp3) is 0.238. The first-order valence-corrected chi connectivity index (χ1v) is 9.04. The molecule has 1 unspecified atom stereocenters. The monoisotopic (exact) mass is 396 g/mol. The first-order valence-electron chi connectivity index (χ1n) is 9.04. The number of fused-ring (bicyclic) bond motifs is 3. The molecule has 0 amide bonds. The first kappa shape index (κ1) is 20.1. The normalized spacial score (nSPS) is 15.8. The number of para-hydroxylation sites is 1. The topological polar surface area (TPSA) is 133 Å². The molecule has 2 aromatic heterocycles. The van der Waals surface area contributed by atoms with E-state index >= 15 is 0 Å². The van der Waals surface area contributed by atoms with Crippen LogP contribution in [-0.4, -0.2) is 37.9 Å². The lowest BCUT2D eigenvalue weighted by Crippen LogP contribution is -2.24. The quantitative estimate of drug-likeness (QED) is 0.577. The van der Waals surface area contributed by atoms with Crippen molar-refractivity contribution in [2.75, 3.05) is 0 Å². The molecule has 1 aromatic carbocycles. The van der Waals surface area contributed by atoms with Crippen LogP contribution in [0.5, 0.6) is 0 Å². The zero-order chi connectivity index (χ0) is 21.0. The highest BCUT2D eigenvalue weighted by Gasteiger charge is 2.32. The number of hydrogen-bond acceptors (Lipinski definition) is 5. The van der Waals surface area contributed by atoms with Crippen LogP contribution in [0, 0.1) is 12.8 Å². The Bertz CT molecular complexity index is 1080. The second-order valence-electron chi connectivity index (χ2n) is 6.68. The molecule has 1 aliphatic rings. The predicted molar refractivity (Wildman–Crippen MR) is 104 cm³/mol. The number of aryl methyl sites for hydroxylation is 2. The zero-order valence-electron chi connectivity index (χ0n) is 15.7. The molecule has 1 aliphatic carbocycles. The summed E-state index contributed by atoms with van der Waals surface area (Å²) in [7, 11) is 0. The number of nitrogens with zero attached hydrogens (tertiary/aromatic N) is 1. The Labute approximate surface area is 165 Å². The van der Waals surface area contributed by atoms with Gasteiger partial charge in [-0.1, -0.05) is 18.2 Å². The maximum absolute atomic E-state index is 12.8. The van der Waals surface area contributed by atoms with Gasteiger partial charge in [0.1, 0.15) is 11.3 Å². The smallest absolute Gasteiger partial charge is 0.328 e. The number of furan rings is 1. The molecule has 29 heavy (non-hydrogen) atoms. The molecule has 150 valence electrons. The summed E-state index contributed by atoms with van der Waals surface area (Å²) in [5.41, 5.74) is 3.64. The molecule has 0 fully saturated rings. The summed E-state index contributed by atoms with van der Waals surface area (Å²) >= 11 is 0. The Hall–Kier alpha value is -3.68. The number of carboxylic acid groups (broad SMARTS) is 2. The number of carboxylic acids is 2. The minimum absolute atomic E-state index is 0.000469. The molecule has 4 rings (SSSR count). The van der Waals surface area contributed by atoms with Crippen molar-refractivity contribution < 1.29 is 29.0 Å². The van der Waals surface area contributed by atoms with Gasteiger partial charge in [-0.3, -0.25) is 4.79 Å². The number of benzene rings is 1. The number of hydrogen-bond donors (Lipinski definition) is 3. The van der Waals surface area contributed by atoms with E-state index in [1.807, 2.05) is 31.2 Å². The van der Waals surface area contributed by atoms with Gasteiger partial charge in [0.05, 0.1) is 17.6 Å². The standard InChI is InChI=1S/C17H16N2O2.C4H4O4/c1-10-13(19-9-18-10)8-11-6-7-15-16(17(11)20)12-4-2-3-5-14(12)21-15;5-3(6)1-2-4(7)8/h2-5,9,11H,6-8H2,1H3,(H,18,19);1-2H,(H,5,6)(H,7,8). The van der Waals surface area contributed by atoms with Gasteiger partial charge in [0.15, 0.2) is 5.78 Å². The van der Waals surface area contributed by atoms with Gasteiger partial charge >= 0.3 is 11.9 Å². The minimum Gasteiger partial charge on any atom is -0.478 e. The lowest BCUT2D eigenvalue weighted by atomic mass is 9.82. The Balaban J connectivity index is 0.000000258. The zero-order valence-corrected chi connectivity index (χ0v) is 15.7. The van der Waals surface area contributed by atoms with E-state index in [4.69, 9.17) is 14.6 Å². The van der Waals surface area contributed by atoms with Gasteiger partial charge in [0.25, 0.3) is 0 Å². The van der Waals surface area contributed by atoms with E-state index in [0.29, 0.717) is 18.6 Å². The van der Waals surface area contributed by atoms with Crippen LogP contribution >= 0.6 is 0 Å². The molecule has 0 saturated heterocycles. The Kier molecular flexibility index (Phi) is 5.92. The van der Waals surface area contributed by atoms with Gasteiger partial charge in [0, 0.05) is 42.0 Å². The average Bonchev–Trinajstić information content (AvgIpc) is 3.26. The van der Waals surface area contributed by atoms with Crippen molar-refractivity contribution >= 4 is 28.7 Å². The Morgan fingerprint density at radius 2 is 1.93 bits per heavy atom. The van der Waals surface area contributed by atoms with Crippen molar-refractivity contribution in [3.63, 3.8) is 0 Å². The number of aromatic nitrogens is 2. The summed E-state index contributed by atoms with van der Waals surface area (Å²) < 4.78 is 5.83. The molecule has 8 nitrogen and oxygen atoms in total. The van der Waals surface area contributed by atoms with Crippen LogP contribution < -0.4 is 0 Å². The number of nitrogens with one attached hydrogen (secondary N) is 1. The third-order valence-electron chi connectivity index (χ3n) is 4.75. The molecule has 0 saturated carbocycles. The predicted octanol–water partition coefficient (Wildman–Crippen LogP) is 3.16. The van der Waals surface area contributed by atoms with Crippen LogP contribution in [0.15, 0.2) is 47.2 Å². The van der Waals surface area contributed by atoms with E-state index in [9.17, 15) is 14.4 Å². The van der Waals surface area contributed by atoms with E-state index in [2.05, 4.69) is 9.97 Å². The van der Waals surface area contributed by atoms with E-state index < -0.39 is 11.9 Å². The molecule has 3 aromatic rings. The molecule has 2 heterocycles. The molecule has 0 aliphatic heterocycles. The number of aromatic amines is 1. The summed E-state index contributed by atoms with van der Waals surface area (Å²) in [5, 5.41) is 16.6. The molecular formula is C21H20N2O6. The maximum Gasteiger partial charge on any atom is 0.328 e. The van der Waals surface area contributed by atoms with Crippen molar-refractivity contribution in [1.29, 1.82) is 0 Å². The van der Waals surface area contributed by atoms with E-state index in [1.54, 1.807) is 6.33 Å². The van der Waals surface area contributed by atoms with Crippen molar-refractivity contribution in [2.24, 2.45) is 5.92 Å². The Morgan fingerprint density at radius 3 is 2.55 bits per heavy atom. The summed E-state index contributed by atoms with van der Waals surface area (Å²) in [6, 6.07) is 7.78. The molecule has 1 atom stereocenters. The lowest BCUT2D eigenvalue weighted by Gasteiger charge is -2.19. The molecule has 0 spiro atoms. The lowest BCUT2D eigenvalue weighted by molar-refractivity contribution is -0.134. The van der Waals surface area contributed by atoms with Gasteiger partial charge in [-0.05, 0) is 19.4 Å². The van der Waals surface area contributed by atoms with Gasteiger partial charge in [-0.15, -0.1) is 0 Å². The fourth-order valence-electron chi connectivity index (χ4n) is 3.35. The van der Waals surface area contributed by atoms with Crippen LogP contribution in [0.3, 0.4) is 0 Å². The first-order chi connectivity index (χ1) is 13.9. The third-order valence-corrected chi connectivity index (χ3v) is 4.75.